The fourth-order valence-corrected chi connectivity index (χ4v) is 2.69. The maximum absolute atomic E-state index is 11.9. The first-order valence-electron chi connectivity index (χ1n) is 5.94. The number of carbonyl (C=O) groups is 2. The zero-order chi connectivity index (χ0) is 12.8. The normalized spacial score (nSPS) is 19.8. The van der Waals surface area contributed by atoms with E-state index in [1.165, 1.54) is 0 Å². The number of carbonyl (C=O) groups excluding carboxylic acids is 2. The molecule has 0 spiro atoms. The van der Waals surface area contributed by atoms with Gasteiger partial charge in [0.25, 0.3) is 0 Å². The lowest BCUT2D eigenvalue weighted by Gasteiger charge is -2.15. The third-order valence-corrected chi connectivity index (χ3v) is 3.78. The molecule has 0 aromatic heterocycles. The first-order chi connectivity index (χ1) is 8.75. The Kier molecular flexibility index (Phi) is 4.64. The van der Waals surface area contributed by atoms with Crippen molar-refractivity contribution in [3.63, 3.8) is 0 Å². The Balaban J connectivity index is 1.85. The number of hydrogen-bond donors (Lipinski definition) is 2. The van der Waals surface area contributed by atoms with E-state index in [9.17, 15) is 9.59 Å². The molecular formula is C13H16N2O2S. The van der Waals surface area contributed by atoms with Gasteiger partial charge in [0, 0.05) is 24.5 Å². The predicted octanol–water partition coefficient (Wildman–Crippen LogP) is 0.924. The highest BCUT2D eigenvalue weighted by Crippen LogP contribution is 2.10. The fourth-order valence-electron chi connectivity index (χ4n) is 1.72. The smallest absolute Gasteiger partial charge is 0.243 e. The Bertz CT molecular complexity index is 422. The number of hydrogen-bond acceptors (Lipinski definition) is 3. The first kappa shape index (κ1) is 13.0. The highest BCUT2D eigenvalue weighted by atomic mass is 32.2. The molecule has 1 atom stereocenters. The minimum Gasteiger partial charge on any atom is -0.350 e. The molecule has 2 rings (SSSR count). The molecule has 5 heteroatoms. The van der Waals surface area contributed by atoms with Crippen molar-refractivity contribution in [2.24, 2.45) is 0 Å². The van der Waals surface area contributed by atoms with Crippen LogP contribution in [0.2, 0.25) is 0 Å². The Morgan fingerprint density at radius 3 is 2.94 bits per heavy atom. The number of benzene rings is 1. The van der Waals surface area contributed by atoms with E-state index in [2.05, 4.69) is 10.6 Å². The van der Waals surface area contributed by atoms with Crippen molar-refractivity contribution in [1.82, 2.24) is 10.6 Å². The summed E-state index contributed by atoms with van der Waals surface area (Å²) in [6, 6.07) is 9.32. The van der Waals surface area contributed by atoms with Crippen LogP contribution in [0.25, 0.3) is 0 Å². The van der Waals surface area contributed by atoms with E-state index in [0.29, 0.717) is 18.7 Å². The molecule has 1 aromatic rings. The quantitative estimate of drug-likeness (QED) is 0.853. The summed E-state index contributed by atoms with van der Waals surface area (Å²) in [5.41, 5.74) is 1.05. The Labute approximate surface area is 111 Å². The Hall–Kier alpha value is -1.49. The van der Waals surface area contributed by atoms with E-state index in [1.54, 1.807) is 11.8 Å². The van der Waals surface area contributed by atoms with Crippen molar-refractivity contribution < 1.29 is 9.59 Å². The highest BCUT2D eigenvalue weighted by Gasteiger charge is 2.22. The van der Waals surface area contributed by atoms with Crippen LogP contribution in [0, 0.1) is 0 Å². The average molecular weight is 264 g/mol. The van der Waals surface area contributed by atoms with Crippen LogP contribution >= 0.6 is 11.8 Å². The molecule has 1 aromatic carbocycles. The van der Waals surface area contributed by atoms with Crippen LogP contribution in [0.4, 0.5) is 0 Å². The Morgan fingerprint density at radius 2 is 2.17 bits per heavy atom. The fraction of sp³-hybridized carbons (Fsp3) is 0.385. The highest BCUT2D eigenvalue weighted by molar-refractivity contribution is 7.99. The molecule has 2 N–H and O–H groups in total. The maximum Gasteiger partial charge on any atom is 0.243 e. The van der Waals surface area contributed by atoms with Crippen molar-refractivity contribution >= 4 is 23.6 Å². The van der Waals surface area contributed by atoms with Gasteiger partial charge in [0.1, 0.15) is 6.04 Å². The molecule has 18 heavy (non-hydrogen) atoms. The molecule has 96 valence electrons. The molecule has 1 saturated heterocycles. The van der Waals surface area contributed by atoms with E-state index in [-0.39, 0.29) is 11.8 Å². The van der Waals surface area contributed by atoms with Gasteiger partial charge in [-0.25, -0.2) is 0 Å². The summed E-state index contributed by atoms with van der Waals surface area (Å²) in [4.78, 5) is 23.3. The minimum atomic E-state index is -0.409. The van der Waals surface area contributed by atoms with E-state index in [1.807, 2.05) is 30.3 Å². The molecule has 1 aliphatic heterocycles. The molecule has 0 radical (unpaired) electrons. The molecule has 4 nitrogen and oxygen atoms in total. The van der Waals surface area contributed by atoms with Crippen molar-refractivity contribution in [2.45, 2.75) is 19.0 Å². The van der Waals surface area contributed by atoms with Gasteiger partial charge >= 0.3 is 0 Å². The van der Waals surface area contributed by atoms with Crippen molar-refractivity contribution in [1.29, 1.82) is 0 Å². The molecule has 1 aliphatic rings. The van der Waals surface area contributed by atoms with Crippen molar-refractivity contribution in [3.8, 4) is 0 Å². The summed E-state index contributed by atoms with van der Waals surface area (Å²) in [7, 11) is 0. The first-order valence-corrected chi connectivity index (χ1v) is 7.10. The van der Waals surface area contributed by atoms with Gasteiger partial charge in [-0.3, -0.25) is 9.59 Å². The summed E-state index contributed by atoms with van der Waals surface area (Å²) in [5.74, 6) is 1.28. The van der Waals surface area contributed by atoms with Gasteiger partial charge in [0.15, 0.2) is 0 Å². The summed E-state index contributed by atoms with van der Waals surface area (Å²) in [6.07, 6.45) is 0.493. The van der Waals surface area contributed by atoms with Gasteiger partial charge in [-0.2, -0.15) is 11.8 Å². The van der Waals surface area contributed by atoms with E-state index in [4.69, 9.17) is 0 Å². The van der Waals surface area contributed by atoms with Crippen LogP contribution in [0.15, 0.2) is 30.3 Å². The van der Waals surface area contributed by atoms with Gasteiger partial charge in [0.05, 0.1) is 0 Å². The summed E-state index contributed by atoms with van der Waals surface area (Å²) in [6.45, 7) is 0.497. The standard InChI is InChI=1S/C13H16N2O2S/c16-12-6-7-18-9-11(15-12)13(17)14-8-10-4-2-1-3-5-10/h1-5,11H,6-9H2,(H,14,17)(H,15,16). The maximum atomic E-state index is 11.9. The largest absolute Gasteiger partial charge is 0.350 e. The second kappa shape index (κ2) is 6.44. The van der Waals surface area contributed by atoms with Gasteiger partial charge in [-0.05, 0) is 5.56 Å². The lowest BCUT2D eigenvalue weighted by molar-refractivity contribution is -0.128. The third kappa shape index (κ3) is 3.77. The van der Waals surface area contributed by atoms with E-state index in [0.717, 1.165) is 11.3 Å². The van der Waals surface area contributed by atoms with Crippen LogP contribution in [0.5, 0.6) is 0 Å². The SMILES string of the molecule is O=C1CCSCC(C(=O)NCc2ccccc2)N1. The average Bonchev–Trinajstić information content (AvgIpc) is 2.62. The topological polar surface area (TPSA) is 58.2 Å². The monoisotopic (exact) mass is 264 g/mol. The van der Waals surface area contributed by atoms with E-state index < -0.39 is 6.04 Å². The molecule has 1 unspecified atom stereocenters. The Morgan fingerprint density at radius 1 is 1.39 bits per heavy atom. The second-order valence-corrected chi connectivity index (χ2v) is 5.30. The van der Waals surface area contributed by atoms with Crippen molar-refractivity contribution in [3.05, 3.63) is 35.9 Å². The summed E-state index contributed by atoms with van der Waals surface area (Å²) >= 11 is 1.63. The van der Waals surface area contributed by atoms with Crippen LogP contribution < -0.4 is 10.6 Å². The number of thioether (sulfide) groups is 1. The predicted molar refractivity (Wildman–Crippen MR) is 72.2 cm³/mol. The van der Waals surface area contributed by atoms with Gasteiger partial charge in [-0.15, -0.1) is 0 Å². The molecule has 1 fully saturated rings. The van der Waals surface area contributed by atoms with Crippen LogP contribution in [-0.2, 0) is 16.1 Å². The van der Waals surface area contributed by atoms with Crippen LogP contribution in [0.3, 0.4) is 0 Å². The van der Waals surface area contributed by atoms with E-state index >= 15 is 0 Å². The summed E-state index contributed by atoms with van der Waals surface area (Å²) in [5, 5.41) is 5.59. The zero-order valence-electron chi connectivity index (χ0n) is 10.0. The van der Waals surface area contributed by atoms with Crippen LogP contribution in [0.1, 0.15) is 12.0 Å². The number of rotatable bonds is 3. The number of nitrogens with one attached hydrogen (secondary N) is 2. The minimum absolute atomic E-state index is 0.0418. The second-order valence-electron chi connectivity index (χ2n) is 4.15. The zero-order valence-corrected chi connectivity index (χ0v) is 10.8. The molecular weight excluding hydrogens is 248 g/mol. The molecule has 2 amide bonds. The number of amides is 2. The third-order valence-electron chi connectivity index (χ3n) is 2.72. The van der Waals surface area contributed by atoms with Gasteiger partial charge < -0.3 is 10.6 Å². The van der Waals surface area contributed by atoms with Gasteiger partial charge in [-0.1, -0.05) is 30.3 Å². The van der Waals surface area contributed by atoms with Crippen LogP contribution in [-0.4, -0.2) is 29.4 Å². The van der Waals surface area contributed by atoms with Gasteiger partial charge in [0.2, 0.25) is 11.8 Å². The molecule has 0 saturated carbocycles. The molecule has 0 aliphatic carbocycles. The molecule has 1 heterocycles. The summed E-state index contributed by atoms with van der Waals surface area (Å²) < 4.78 is 0. The van der Waals surface area contributed by atoms with Crippen molar-refractivity contribution in [2.75, 3.05) is 11.5 Å². The lowest BCUT2D eigenvalue weighted by atomic mass is 10.2. The molecule has 0 bridgehead atoms. The lowest BCUT2D eigenvalue weighted by Crippen LogP contribution is -2.47.